The molecule has 1 heterocycles. The number of aliphatic hydroxyl groups is 1. The van der Waals surface area contributed by atoms with Gasteiger partial charge >= 0.3 is 0 Å². The highest BCUT2D eigenvalue weighted by atomic mass is 16.3. The molecule has 0 aromatic carbocycles. The number of aliphatic hydroxyl groups excluding tert-OH is 1. The van der Waals surface area contributed by atoms with Gasteiger partial charge in [0.1, 0.15) is 18.2 Å². The standard InChI is InChI=1S/C9H6N4O/c1-13-5-6(2-10)7(3-11)8(4-12)9(13)14/h5,9,14H,1H3. The Morgan fingerprint density at radius 1 is 1.29 bits per heavy atom. The van der Waals surface area contributed by atoms with Crippen molar-refractivity contribution >= 4 is 0 Å². The van der Waals surface area contributed by atoms with E-state index in [2.05, 4.69) is 0 Å². The summed E-state index contributed by atoms with van der Waals surface area (Å²) >= 11 is 0. The first-order valence-electron chi connectivity index (χ1n) is 3.72. The average Bonchev–Trinajstić information content (AvgIpc) is 2.20. The minimum absolute atomic E-state index is 0.0550. The van der Waals surface area contributed by atoms with Crippen molar-refractivity contribution in [2.75, 3.05) is 7.05 Å². The number of nitrogens with zero attached hydrogens (tertiary/aromatic N) is 4. The molecule has 5 heteroatoms. The topological polar surface area (TPSA) is 94.8 Å². The lowest BCUT2D eigenvalue weighted by Gasteiger charge is -2.25. The third-order valence-corrected chi connectivity index (χ3v) is 1.87. The van der Waals surface area contributed by atoms with Crippen LogP contribution in [-0.2, 0) is 0 Å². The number of hydrogen-bond acceptors (Lipinski definition) is 5. The van der Waals surface area contributed by atoms with Gasteiger partial charge in [0.25, 0.3) is 0 Å². The van der Waals surface area contributed by atoms with Crippen LogP contribution >= 0.6 is 0 Å². The Labute approximate surface area is 81.0 Å². The molecule has 5 nitrogen and oxygen atoms in total. The van der Waals surface area contributed by atoms with Crippen LogP contribution < -0.4 is 0 Å². The molecule has 0 radical (unpaired) electrons. The van der Waals surface area contributed by atoms with Crippen LogP contribution in [0, 0.1) is 34.0 Å². The molecule has 0 aromatic heterocycles. The first-order valence-corrected chi connectivity index (χ1v) is 3.72. The maximum Gasteiger partial charge on any atom is 0.163 e. The lowest BCUT2D eigenvalue weighted by Crippen LogP contribution is -2.32. The molecule has 0 fully saturated rings. The zero-order chi connectivity index (χ0) is 10.7. The van der Waals surface area contributed by atoms with Gasteiger partial charge in [0.05, 0.1) is 16.7 Å². The number of rotatable bonds is 0. The van der Waals surface area contributed by atoms with Gasteiger partial charge in [-0.25, -0.2) is 0 Å². The van der Waals surface area contributed by atoms with Crippen LogP contribution in [0.15, 0.2) is 22.9 Å². The molecule has 1 unspecified atom stereocenters. The Morgan fingerprint density at radius 3 is 2.36 bits per heavy atom. The van der Waals surface area contributed by atoms with Crippen LogP contribution in [0.2, 0.25) is 0 Å². The van der Waals surface area contributed by atoms with Crippen molar-refractivity contribution in [2.45, 2.75) is 6.23 Å². The third kappa shape index (κ3) is 1.31. The molecule has 0 spiro atoms. The highest BCUT2D eigenvalue weighted by molar-refractivity contribution is 5.58. The highest BCUT2D eigenvalue weighted by Crippen LogP contribution is 2.23. The van der Waals surface area contributed by atoms with Crippen LogP contribution in [0.1, 0.15) is 0 Å². The van der Waals surface area contributed by atoms with Crippen molar-refractivity contribution in [1.29, 1.82) is 15.8 Å². The smallest absolute Gasteiger partial charge is 0.163 e. The molecule has 14 heavy (non-hydrogen) atoms. The summed E-state index contributed by atoms with van der Waals surface area (Å²) in [7, 11) is 1.52. The minimum Gasteiger partial charge on any atom is -0.369 e. The van der Waals surface area contributed by atoms with E-state index in [1.165, 1.54) is 18.1 Å². The summed E-state index contributed by atoms with van der Waals surface area (Å²) in [6, 6.07) is 5.26. The van der Waals surface area contributed by atoms with Gasteiger partial charge in [0.15, 0.2) is 6.23 Å². The van der Waals surface area contributed by atoms with E-state index in [9.17, 15) is 5.11 Å². The van der Waals surface area contributed by atoms with Gasteiger partial charge in [0, 0.05) is 13.2 Å². The number of nitriles is 3. The largest absolute Gasteiger partial charge is 0.369 e. The molecule has 0 saturated heterocycles. The summed E-state index contributed by atoms with van der Waals surface area (Å²) in [5, 5.41) is 35.6. The Morgan fingerprint density at radius 2 is 1.93 bits per heavy atom. The Kier molecular flexibility index (Phi) is 2.53. The lowest BCUT2D eigenvalue weighted by molar-refractivity contribution is 0.0888. The van der Waals surface area contributed by atoms with Gasteiger partial charge in [-0.05, 0) is 0 Å². The second-order valence-electron chi connectivity index (χ2n) is 2.71. The average molecular weight is 186 g/mol. The second-order valence-corrected chi connectivity index (χ2v) is 2.71. The predicted molar refractivity (Wildman–Crippen MR) is 45.7 cm³/mol. The van der Waals surface area contributed by atoms with Crippen molar-refractivity contribution in [1.82, 2.24) is 4.90 Å². The fourth-order valence-corrected chi connectivity index (χ4v) is 1.14. The Balaban J connectivity index is 3.37. The fraction of sp³-hybridized carbons (Fsp3) is 0.222. The zero-order valence-electron chi connectivity index (χ0n) is 7.39. The Bertz CT molecular complexity index is 441. The van der Waals surface area contributed by atoms with Crippen LogP contribution in [-0.4, -0.2) is 23.3 Å². The van der Waals surface area contributed by atoms with E-state index in [1.807, 2.05) is 0 Å². The predicted octanol–water partition coefficient (Wildman–Crippen LogP) is 0.00144. The molecular formula is C9H6N4O. The minimum atomic E-state index is -1.15. The monoisotopic (exact) mass is 186 g/mol. The molecule has 1 rings (SSSR count). The molecule has 1 N–H and O–H groups in total. The first kappa shape index (κ1) is 9.80. The number of hydrogen-bond donors (Lipinski definition) is 1. The van der Waals surface area contributed by atoms with Crippen molar-refractivity contribution in [3.05, 3.63) is 22.9 Å². The maximum atomic E-state index is 9.49. The molecule has 1 atom stereocenters. The van der Waals surface area contributed by atoms with Gasteiger partial charge in [0.2, 0.25) is 0 Å². The van der Waals surface area contributed by atoms with Crippen LogP contribution in [0.3, 0.4) is 0 Å². The van der Waals surface area contributed by atoms with Gasteiger partial charge in [-0.2, -0.15) is 15.8 Å². The van der Waals surface area contributed by atoms with Crippen molar-refractivity contribution in [3.8, 4) is 18.2 Å². The van der Waals surface area contributed by atoms with E-state index in [1.54, 1.807) is 18.2 Å². The van der Waals surface area contributed by atoms with E-state index >= 15 is 0 Å². The quantitative estimate of drug-likeness (QED) is 0.574. The molecule has 0 saturated carbocycles. The normalized spacial score (nSPS) is 20.6. The molecule has 0 bridgehead atoms. The van der Waals surface area contributed by atoms with Gasteiger partial charge in [-0.1, -0.05) is 0 Å². The number of likely N-dealkylation sites (N-methyl/N-ethyl adjacent to an activating group) is 1. The van der Waals surface area contributed by atoms with E-state index in [0.717, 1.165) is 0 Å². The van der Waals surface area contributed by atoms with Crippen molar-refractivity contribution in [3.63, 3.8) is 0 Å². The number of allylic oxidation sites excluding steroid dienone is 2. The van der Waals surface area contributed by atoms with E-state index in [0.29, 0.717) is 0 Å². The first-order chi connectivity index (χ1) is 6.65. The summed E-state index contributed by atoms with van der Waals surface area (Å²) in [5.74, 6) is 0. The fourth-order valence-electron chi connectivity index (χ4n) is 1.14. The summed E-state index contributed by atoms with van der Waals surface area (Å²) in [4.78, 5) is 1.30. The summed E-state index contributed by atoms with van der Waals surface area (Å²) in [6.07, 6.45) is 0.191. The highest BCUT2D eigenvalue weighted by Gasteiger charge is 2.26. The van der Waals surface area contributed by atoms with E-state index in [4.69, 9.17) is 15.8 Å². The molecule has 0 amide bonds. The third-order valence-electron chi connectivity index (χ3n) is 1.87. The molecule has 0 aliphatic carbocycles. The van der Waals surface area contributed by atoms with E-state index in [-0.39, 0.29) is 16.7 Å². The van der Waals surface area contributed by atoms with Crippen molar-refractivity contribution < 1.29 is 5.11 Å². The van der Waals surface area contributed by atoms with Crippen LogP contribution in [0.25, 0.3) is 0 Å². The SMILES string of the molecule is CN1C=C(C#N)C(C#N)=C(C#N)C1O. The summed E-state index contributed by atoms with van der Waals surface area (Å²) in [5.41, 5.74) is -0.0495. The molecule has 1 aliphatic rings. The van der Waals surface area contributed by atoms with Gasteiger partial charge in [-0.15, -0.1) is 0 Å². The zero-order valence-corrected chi connectivity index (χ0v) is 7.39. The lowest BCUT2D eigenvalue weighted by atomic mass is 9.99. The molecule has 68 valence electrons. The van der Waals surface area contributed by atoms with Crippen molar-refractivity contribution in [2.24, 2.45) is 0 Å². The molecular weight excluding hydrogens is 180 g/mol. The summed E-state index contributed by atoms with van der Waals surface area (Å²) < 4.78 is 0. The summed E-state index contributed by atoms with van der Waals surface area (Å²) in [6.45, 7) is 0. The second kappa shape index (κ2) is 3.62. The van der Waals surface area contributed by atoms with Crippen LogP contribution in [0.5, 0.6) is 0 Å². The van der Waals surface area contributed by atoms with E-state index < -0.39 is 6.23 Å². The molecule has 1 aliphatic heterocycles. The van der Waals surface area contributed by atoms with Gasteiger partial charge in [-0.3, -0.25) is 0 Å². The molecule has 0 aromatic rings. The van der Waals surface area contributed by atoms with Gasteiger partial charge < -0.3 is 10.0 Å². The van der Waals surface area contributed by atoms with Crippen LogP contribution in [0.4, 0.5) is 0 Å². The maximum absolute atomic E-state index is 9.49. The Hall–Kier alpha value is -2.29.